The number of nitro benzene ring substituents is 1. The fourth-order valence-electron chi connectivity index (χ4n) is 10.6. The van der Waals surface area contributed by atoms with Crippen LogP contribution in [0.25, 0.3) is 10.8 Å². The predicted molar refractivity (Wildman–Crippen MR) is 263 cm³/mol. The number of carbonyl (C=O) groups excluding carboxylic acids is 2. The molecule has 3 aliphatic rings. The first-order chi connectivity index (χ1) is 34.2. The van der Waals surface area contributed by atoms with Crippen molar-refractivity contribution in [2.24, 2.45) is 22.9 Å². The molecule has 0 spiro atoms. The third-order valence-electron chi connectivity index (χ3n) is 13.8. The van der Waals surface area contributed by atoms with Gasteiger partial charge in [-0.2, -0.15) is 0 Å². The van der Waals surface area contributed by atoms with Crippen molar-refractivity contribution >= 4 is 34.6 Å². The maximum atomic E-state index is 14.6. The molecule has 6 atom stereocenters. The largest absolute Gasteiger partial charge is 0.496 e. The van der Waals surface area contributed by atoms with E-state index in [0.717, 1.165) is 46.7 Å². The lowest BCUT2D eigenvalue weighted by molar-refractivity contribution is -0.384. The summed E-state index contributed by atoms with van der Waals surface area (Å²) in [6, 6.07) is 29.8. The fraction of sp³-hybridized carbons (Fsp3) is 0.364. The Bertz CT molecular complexity index is 2730. The molecular formula is C55H59N3O12. The van der Waals surface area contributed by atoms with Crippen molar-refractivity contribution in [3.63, 3.8) is 0 Å². The Hall–Kier alpha value is -7.07. The van der Waals surface area contributed by atoms with Gasteiger partial charge in [-0.3, -0.25) is 19.8 Å². The highest BCUT2D eigenvalue weighted by Gasteiger charge is 2.65. The van der Waals surface area contributed by atoms with E-state index in [1.807, 2.05) is 54.6 Å². The molecule has 0 saturated heterocycles. The lowest BCUT2D eigenvalue weighted by atomic mass is 9.55. The molecule has 5 aromatic rings. The van der Waals surface area contributed by atoms with E-state index < -0.39 is 28.8 Å². The number of benzene rings is 5. The Morgan fingerprint density at radius 3 is 2.41 bits per heavy atom. The average molecular weight is 954 g/mol. The van der Waals surface area contributed by atoms with Crippen molar-refractivity contribution in [2.75, 3.05) is 34.0 Å². The highest BCUT2D eigenvalue weighted by molar-refractivity contribution is 6.03. The number of fused-ring (bicyclic) bond motifs is 3. The molecule has 0 aromatic heterocycles. The number of non-ortho nitro benzene ring substituents is 1. The fourth-order valence-corrected chi connectivity index (χ4v) is 10.6. The minimum Gasteiger partial charge on any atom is -0.496 e. The van der Waals surface area contributed by atoms with Gasteiger partial charge >= 0.3 is 6.09 Å². The van der Waals surface area contributed by atoms with Gasteiger partial charge in [0.15, 0.2) is 6.29 Å². The number of allylic oxidation sites excluding steroid dienone is 1. The maximum absolute atomic E-state index is 14.6. The van der Waals surface area contributed by atoms with Crippen LogP contribution in [0.3, 0.4) is 0 Å². The Labute approximate surface area is 407 Å². The summed E-state index contributed by atoms with van der Waals surface area (Å²) >= 11 is 0. The number of hydrogen-bond acceptors (Lipinski definition) is 13. The maximum Gasteiger partial charge on any atom is 0.410 e. The molecule has 1 heterocycles. The van der Waals surface area contributed by atoms with Crippen LogP contribution >= 0.6 is 0 Å². The minimum atomic E-state index is -1.57. The van der Waals surface area contributed by atoms with E-state index in [2.05, 4.69) is 12.7 Å². The number of nitro groups is 1. The van der Waals surface area contributed by atoms with Gasteiger partial charge in [0.1, 0.15) is 35.6 Å². The molecule has 1 saturated carbocycles. The first-order valence-corrected chi connectivity index (χ1v) is 23.7. The summed E-state index contributed by atoms with van der Waals surface area (Å²) in [5, 5.41) is 38.4. The molecule has 8 rings (SSSR count). The van der Waals surface area contributed by atoms with Gasteiger partial charge in [-0.1, -0.05) is 72.6 Å². The number of carbonyl (C=O) groups is 2. The van der Waals surface area contributed by atoms with Crippen LogP contribution < -0.4 is 14.2 Å². The Morgan fingerprint density at radius 2 is 1.69 bits per heavy atom. The van der Waals surface area contributed by atoms with Crippen molar-refractivity contribution in [3.8, 4) is 23.0 Å². The molecule has 1 fully saturated rings. The van der Waals surface area contributed by atoms with Gasteiger partial charge in [0, 0.05) is 43.2 Å². The van der Waals surface area contributed by atoms with Gasteiger partial charge < -0.3 is 38.7 Å². The topological polar surface area (TPSA) is 189 Å². The van der Waals surface area contributed by atoms with Crippen molar-refractivity contribution in [1.29, 1.82) is 0 Å². The number of unbranched alkanes of at least 4 members (excludes halogenated alkanes) is 2. The second kappa shape index (κ2) is 22.6. The normalized spacial score (nSPS) is 21.6. The molecular weight excluding hydrogens is 895 g/mol. The van der Waals surface area contributed by atoms with Gasteiger partial charge in [0.25, 0.3) is 5.69 Å². The molecule has 5 aromatic carbocycles. The van der Waals surface area contributed by atoms with Crippen LogP contribution in [0, 0.1) is 27.9 Å². The first kappa shape index (κ1) is 49.4. The molecule has 6 unspecified atom stereocenters. The molecule has 0 bridgehead atoms. The minimum absolute atomic E-state index is 0.00326. The molecule has 2 aliphatic carbocycles. The van der Waals surface area contributed by atoms with Crippen LogP contribution in [0.2, 0.25) is 0 Å². The number of aliphatic hydroxyl groups is 2. The zero-order chi connectivity index (χ0) is 49.2. The van der Waals surface area contributed by atoms with E-state index in [0.29, 0.717) is 65.4 Å². The summed E-state index contributed by atoms with van der Waals surface area (Å²) in [6.07, 6.45) is 8.22. The van der Waals surface area contributed by atoms with Gasteiger partial charge in [-0.05, 0) is 114 Å². The molecule has 2 N–H and O–H groups in total. The molecule has 366 valence electrons. The van der Waals surface area contributed by atoms with E-state index in [1.54, 1.807) is 47.4 Å². The first-order valence-electron chi connectivity index (χ1n) is 23.7. The molecule has 0 radical (unpaired) electrons. The highest BCUT2D eigenvalue weighted by Crippen LogP contribution is 2.62. The van der Waals surface area contributed by atoms with E-state index in [-0.39, 0.29) is 62.8 Å². The molecule has 1 aliphatic heterocycles. The molecule has 1 amide bonds. The second-order valence-corrected chi connectivity index (χ2v) is 17.8. The number of amides is 1. The van der Waals surface area contributed by atoms with E-state index >= 15 is 0 Å². The summed E-state index contributed by atoms with van der Waals surface area (Å²) in [7, 11) is 2.85. The van der Waals surface area contributed by atoms with Crippen molar-refractivity contribution in [1.82, 2.24) is 4.90 Å². The number of hydrogen-bond donors (Lipinski definition) is 2. The third kappa shape index (κ3) is 10.3. The lowest BCUT2D eigenvalue weighted by Gasteiger charge is -2.59. The van der Waals surface area contributed by atoms with Crippen molar-refractivity contribution in [3.05, 3.63) is 160 Å². The highest BCUT2D eigenvalue weighted by atomic mass is 16.7. The summed E-state index contributed by atoms with van der Waals surface area (Å²) in [5.41, 5.74) is 4.04. The molecule has 70 heavy (non-hydrogen) atoms. The smallest absolute Gasteiger partial charge is 0.410 e. The van der Waals surface area contributed by atoms with Gasteiger partial charge in [-0.25, -0.2) is 4.79 Å². The zero-order valence-electron chi connectivity index (χ0n) is 39.4. The van der Waals surface area contributed by atoms with Crippen LogP contribution in [-0.2, 0) is 27.5 Å². The number of nitrogens with zero attached hydrogens (tertiary/aromatic N) is 3. The number of oxime groups is 1. The molecule has 15 nitrogen and oxygen atoms in total. The zero-order valence-corrected chi connectivity index (χ0v) is 39.4. The Balaban J connectivity index is 1.34. The molecule has 15 heteroatoms. The van der Waals surface area contributed by atoms with E-state index in [9.17, 15) is 29.9 Å². The average Bonchev–Trinajstić information content (AvgIpc) is 3.38. The predicted octanol–water partition coefficient (Wildman–Crippen LogP) is 10.5. The monoisotopic (exact) mass is 953 g/mol. The van der Waals surface area contributed by atoms with E-state index in [4.69, 9.17) is 33.7 Å². The quantitative estimate of drug-likeness (QED) is 0.0220. The van der Waals surface area contributed by atoms with Gasteiger partial charge in [-0.15, -0.1) is 6.58 Å². The third-order valence-corrected chi connectivity index (χ3v) is 13.8. The van der Waals surface area contributed by atoms with Crippen LogP contribution in [0.5, 0.6) is 23.0 Å². The standard InChI is InChI=1S/C55H59N3O12/c1-4-28-67-55-51(57(54(62)66-3)33-39-15-11-14-37-12-5-6-16-44(37)39)32-48(56-68-35-36-18-20-41(21-19-36)58(63)64)46-30-38(13-7-9-26-59)45(17-8-10-27-60)52(53(46)55)47-31-43(23-25-50(47)70-55)69-42-22-24-49(65-2)40(29-42)34-61/h4-6,11-12,14-16,18-25,29-31,34,38,45,51-53,59-60H,1,7-10,13,17,26-28,32-33,35H2,2-3H3. The number of methoxy groups -OCH3 is 2. The van der Waals surface area contributed by atoms with E-state index in [1.165, 1.54) is 26.4 Å². The van der Waals surface area contributed by atoms with Crippen molar-refractivity contribution in [2.45, 2.75) is 75.8 Å². The SMILES string of the molecule is C=CCOC12Oc3ccc(Oc4ccc(OC)c(C=O)c4)cc3C3C(CCCCO)C(CCCCO)C=C(C(=NOCc4ccc([N+](=O)[O-])cc4)CC1N(Cc1cccc4ccccc14)C(=O)OC)C32. The Kier molecular flexibility index (Phi) is 15.9. The van der Waals surface area contributed by atoms with Crippen LogP contribution in [-0.4, -0.2) is 84.0 Å². The van der Waals surface area contributed by atoms with Gasteiger partial charge in [0.2, 0.25) is 5.79 Å². The Morgan fingerprint density at radius 1 is 0.943 bits per heavy atom. The van der Waals surface area contributed by atoms with Crippen LogP contribution in [0.4, 0.5) is 10.5 Å². The van der Waals surface area contributed by atoms with Gasteiger partial charge in [0.05, 0.1) is 49.5 Å². The summed E-state index contributed by atoms with van der Waals surface area (Å²) in [4.78, 5) is 45.5. The number of rotatable bonds is 22. The van der Waals surface area contributed by atoms with Crippen LogP contribution in [0.15, 0.2) is 133 Å². The summed E-state index contributed by atoms with van der Waals surface area (Å²) < 4.78 is 32.1. The second-order valence-electron chi connectivity index (χ2n) is 17.8. The number of aliphatic hydroxyl groups excluding tert-OH is 2. The summed E-state index contributed by atoms with van der Waals surface area (Å²) in [5.74, 6) is -0.832. The number of aldehydes is 1. The summed E-state index contributed by atoms with van der Waals surface area (Å²) in [6.45, 7) is 4.28. The van der Waals surface area contributed by atoms with Crippen LogP contribution in [0.1, 0.15) is 77.9 Å². The van der Waals surface area contributed by atoms with Crippen molar-refractivity contribution < 1.29 is 53.2 Å². The number of ether oxygens (including phenoxy) is 5. The lowest BCUT2D eigenvalue weighted by Crippen LogP contribution is -2.70.